The van der Waals surface area contributed by atoms with Gasteiger partial charge in [0, 0.05) is 15.4 Å². The van der Waals surface area contributed by atoms with Crippen LogP contribution in [0.3, 0.4) is 0 Å². The average Bonchev–Trinajstić information content (AvgIpc) is 3.16. The van der Waals surface area contributed by atoms with E-state index in [-0.39, 0.29) is 18.2 Å². The van der Waals surface area contributed by atoms with Crippen LogP contribution in [0.5, 0.6) is 5.75 Å². The third-order valence-electron chi connectivity index (χ3n) is 3.83. The minimum Gasteiger partial charge on any atom is -0.488 e. The van der Waals surface area contributed by atoms with Crippen molar-refractivity contribution in [1.29, 1.82) is 0 Å². The Hall–Kier alpha value is -2.78. The molecule has 3 aromatic rings. The van der Waals surface area contributed by atoms with Crippen molar-refractivity contribution in [3.63, 3.8) is 0 Å². The van der Waals surface area contributed by atoms with Crippen LogP contribution in [0.25, 0.3) is 0 Å². The Labute approximate surface area is 185 Å². The van der Waals surface area contributed by atoms with Gasteiger partial charge in [0.2, 0.25) is 5.13 Å². The molecule has 0 fully saturated rings. The number of carbonyl (C=O) groups is 1. The van der Waals surface area contributed by atoms with E-state index in [0.29, 0.717) is 29.8 Å². The molecule has 0 spiro atoms. The zero-order valence-electron chi connectivity index (χ0n) is 16.1. The Morgan fingerprint density at radius 1 is 1.30 bits per heavy atom. The van der Waals surface area contributed by atoms with Crippen LogP contribution in [-0.2, 0) is 22.6 Å². The fourth-order valence-corrected chi connectivity index (χ4v) is 3.49. The van der Waals surface area contributed by atoms with Gasteiger partial charge in [-0.25, -0.2) is 9.37 Å². The number of hydrogen-bond acceptors (Lipinski definition) is 7. The summed E-state index contributed by atoms with van der Waals surface area (Å²) in [5.41, 5.74) is 5.10. The van der Waals surface area contributed by atoms with E-state index in [1.165, 1.54) is 23.5 Å². The molecule has 0 saturated heterocycles. The van der Waals surface area contributed by atoms with E-state index in [4.69, 9.17) is 9.47 Å². The van der Waals surface area contributed by atoms with Crippen LogP contribution in [-0.4, -0.2) is 23.8 Å². The van der Waals surface area contributed by atoms with Crippen LogP contribution < -0.4 is 10.2 Å². The van der Waals surface area contributed by atoms with E-state index in [0.717, 1.165) is 15.6 Å². The second kappa shape index (κ2) is 10.8. The molecule has 0 amide bonds. The van der Waals surface area contributed by atoms with E-state index in [9.17, 15) is 9.18 Å². The van der Waals surface area contributed by atoms with Crippen molar-refractivity contribution in [3.8, 4) is 5.75 Å². The van der Waals surface area contributed by atoms with E-state index >= 15 is 0 Å². The van der Waals surface area contributed by atoms with Gasteiger partial charge in [0.05, 0.1) is 24.9 Å². The molecule has 1 N–H and O–H groups in total. The standard InChI is InChI=1S/C21H19BrFN3O3S/c1-2-28-20(27)10-18-13-30-21(25-18)26-24-11-15-9-16(22)5-8-19(15)29-12-14-3-6-17(23)7-4-14/h3-9,11,13H,2,10,12H2,1H3,(H,25,26). The number of nitrogens with one attached hydrogen (secondary N) is 1. The number of aromatic nitrogens is 1. The van der Waals surface area contributed by atoms with Gasteiger partial charge in [0.25, 0.3) is 0 Å². The lowest BCUT2D eigenvalue weighted by molar-refractivity contribution is -0.142. The van der Waals surface area contributed by atoms with Gasteiger partial charge in [-0.05, 0) is 42.8 Å². The molecule has 1 heterocycles. The number of hydrogen-bond donors (Lipinski definition) is 1. The highest BCUT2D eigenvalue weighted by Gasteiger charge is 2.08. The fraction of sp³-hybridized carbons (Fsp3) is 0.190. The average molecular weight is 492 g/mol. The van der Waals surface area contributed by atoms with Crippen LogP contribution in [0.4, 0.5) is 9.52 Å². The van der Waals surface area contributed by atoms with Gasteiger partial charge in [-0.3, -0.25) is 10.2 Å². The number of halogens is 2. The summed E-state index contributed by atoms with van der Waals surface area (Å²) < 4.78 is 24.7. The number of carbonyl (C=O) groups excluding carboxylic acids is 1. The largest absolute Gasteiger partial charge is 0.488 e. The van der Waals surface area contributed by atoms with Crippen molar-refractivity contribution in [1.82, 2.24) is 4.98 Å². The van der Waals surface area contributed by atoms with Gasteiger partial charge in [-0.15, -0.1) is 11.3 Å². The SMILES string of the molecule is CCOC(=O)Cc1csc(NN=Cc2cc(Br)ccc2OCc2ccc(F)cc2)n1. The highest BCUT2D eigenvalue weighted by Crippen LogP contribution is 2.23. The highest BCUT2D eigenvalue weighted by molar-refractivity contribution is 9.10. The number of thiazole rings is 1. The molecule has 6 nitrogen and oxygen atoms in total. The van der Waals surface area contributed by atoms with Crippen LogP contribution in [0, 0.1) is 5.82 Å². The lowest BCUT2D eigenvalue weighted by Gasteiger charge is -2.09. The van der Waals surface area contributed by atoms with Crippen LogP contribution in [0.15, 0.2) is 57.4 Å². The minimum atomic E-state index is -0.310. The smallest absolute Gasteiger partial charge is 0.311 e. The molecule has 0 aliphatic carbocycles. The van der Waals surface area contributed by atoms with Gasteiger partial charge < -0.3 is 9.47 Å². The summed E-state index contributed by atoms with van der Waals surface area (Å²) in [6.07, 6.45) is 1.75. The lowest BCUT2D eigenvalue weighted by atomic mass is 10.2. The number of benzene rings is 2. The third kappa shape index (κ3) is 6.64. The quantitative estimate of drug-likeness (QED) is 0.253. The number of anilines is 1. The van der Waals surface area contributed by atoms with Gasteiger partial charge in [0.15, 0.2) is 0 Å². The molecule has 3 rings (SSSR count). The normalized spacial score (nSPS) is 10.9. The Morgan fingerprint density at radius 2 is 2.10 bits per heavy atom. The zero-order chi connectivity index (χ0) is 21.3. The molecule has 0 bridgehead atoms. The summed E-state index contributed by atoms with van der Waals surface area (Å²) in [4.78, 5) is 15.8. The Kier molecular flexibility index (Phi) is 7.92. The van der Waals surface area contributed by atoms with Crippen molar-refractivity contribution >= 4 is 44.6 Å². The van der Waals surface area contributed by atoms with Gasteiger partial charge in [0.1, 0.15) is 18.2 Å². The molecule has 156 valence electrons. The Morgan fingerprint density at radius 3 is 2.87 bits per heavy atom. The summed E-state index contributed by atoms with van der Waals surface area (Å²) in [6.45, 7) is 2.41. The summed E-state index contributed by atoms with van der Waals surface area (Å²) in [5, 5.41) is 6.56. The molecule has 0 atom stereocenters. The van der Waals surface area contributed by atoms with Gasteiger partial charge >= 0.3 is 5.97 Å². The van der Waals surface area contributed by atoms with E-state index in [1.807, 2.05) is 18.2 Å². The van der Waals surface area contributed by atoms with Crippen molar-refractivity contribution in [3.05, 3.63) is 75.0 Å². The Balaban J connectivity index is 1.62. The molecule has 0 aliphatic heterocycles. The summed E-state index contributed by atoms with van der Waals surface area (Å²) in [6, 6.07) is 11.7. The molecule has 30 heavy (non-hydrogen) atoms. The highest BCUT2D eigenvalue weighted by atomic mass is 79.9. The Bertz CT molecular complexity index is 1020. The molecular weight excluding hydrogens is 473 g/mol. The maximum absolute atomic E-state index is 13.0. The van der Waals surface area contributed by atoms with Crippen molar-refractivity contribution in [2.45, 2.75) is 20.0 Å². The number of hydrazone groups is 1. The van der Waals surface area contributed by atoms with E-state index in [1.54, 1.807) is 30.7 Å². The summed E-state index contributed by atoms with van der Waals surface area (Å²) in [5.74, 6) is 0.0408. The fourth-order valence-electron chi connectivity index (χ4n) is 2.45. The second-order valence-electron chi connectivity index (χ2n) is 6.09. The first-order valence-electron chi connectivity index (χ1n) is 9.09. The maximum Gasteiger partial charge on any atom is 0.311 e. The minimum absolute atomic E-state index is 0.128. The van der Waals surface area contributed by atoms with Crippen molar-refractivity contribution < 1.29 is 18.7 Å². The first kappa shape index (κ1) is 21.9. The first-order chi connectivity index (χ1) is 14.5. The van der Waals surface area contributed by atoms with Gasteiger partial charge in [-0.1, -0.05) is 28.1 Å². The second-order valence-corrected chi connectivity index (χ2v) is 7.87. The van der Waals surface area contributed by atoms with Crippen molar-refractivity contribution in [2.75, 3.05) is 12.0 Å². The van der Waals surface area contributed by atoms with Crippen LogP contribution in [0.1, 0.15) is 23.7 Å². The third-order valence-corrected chi connectivity index (χ3v) is 5.11. The number of esters is 1. The van der Waals surface area contributed by atoms with Crippen LogP contribution >= 0.6 is 27.3 Å². The number of nitrogens with zero attached hydrogens (tertiary/aromatic N) is 2. The van der Waals surface area contributed by atoms with E-state index < -0.39 is 0 Å². The molecular formula is C21H19BrFN3O3S. The topological polar surface area (TPSA) is 72.8 Å². The molecule has 0 saturated carbocycles. The molecule has 9 heteroatoms. The van der Waals surface area contributed by atoms with Crippen molar-refractivity contribution in [2.24, 2.45) is 5.10 Å². The first-order valence-corrected chi connectivity index (χ1v) is 10.8. The zero-order valence-corrected chi connectivity index (χ0v) is 18.5. The van der Waals surface area contributed by atoms with E-state index in [2.05, 4.69) is 31.4 Å². The van der Waals surface area contributed by atoms with Gasteiger partial charge in [-0.2, -0.15) is 5.10 Å². The number of ether oxygens (including phenoxy) is 2. The molecule has 0 radical (unpaired) electrons. The monoisotopic (exact) mass is 491 g/mol. The number of rotatable bonds is 9. The predicted molar refractivity (Wildman–Crippen MR) is 119 cm³/mol. The maximum atomic E-state index is 13.0. The molecule has 0 aliphatic rings. The van der Waals surface area contributed by atoms with Crippen LogP contribution in [0.2, 0.25) is 0 Å². The predicted octanol–water partition coefficient (Wildman–Crippen LogP) is 5.18. The molecule has 2 aromatic carbocycles. The lowest BCUT2D eigenvalue weighted by Crippen LogP contribution is -2.07. The summed E-state index contributed by atoms with van der Waals surface area (Å²) >= 11 is 4.79. The summed E-state index contributed by atoms with van der Waals surface area (Å²) in [7, 11) is 0. The molecule has 0 unspecified atom stereocenters. The molecule has 1 aromatic heterocycles.